The summed E-state index contributed by atoms with van der Waals surface area (Å²) in [5, 5.41) is 10.0. The van der Waals surface area contributed by atoms with Crippen LogP contribution in [0, 0.1) is 17.1 Å². The zero-order valence-electron chi connectivity index (χ0n) is 22.7. The number of aryl methyl sites for hydroxylation is 2. The van der Waals surface area contributed by atoms with Gasteiger partial charge in [-0.15, -0.1) is 0 Å². The molecule has 3 heterocycles. The van der Waals surface area contributed by atoms with Gasteiger partial charge >= 0.3 is 0 Å². The lowest BCUT2D eigenvalue weighted by Crippen LogP contribution is -2.42. The predicted octanol–water partition coefficient (Wildman–Crippen LogP) is 6.40. The van der Waals surface area contributed by atoms with Gasteiger partial charge in [0.15, 0.2) is 0 Å². The van der Waals surface area contributed by atoms with Crippen molar-refractivity contribution in [3.05, 3.63) is 101 Å². The minimum atomic E-state index is -0.243. The molecule has 2 fully saturated rings. The first-order valence-corrected chi connectivity index (χ1v) is 14.3. The summed E-state index contributed by atoms with van der Waals surface area (Å²) in [6, 6.07) is 24.6. The van der Waals surface area contributed by atoms with Crippen molar-refractivity contribution in [2.45, 2.75) is 44.6 Å². The molecule has 0 aliphatic carbocycles. The van der Waals surface area contributed by atoms with Crippen molar-refractivity contribution >= 4 is 16.8 Å². The molecule has 6 heteroatoms. The van der Waals surface area contributed by atoms with Crippen molar-refractivity contribution in [3.63, 3.8) is 0 Å². The Bertz CT molecular complexity index is 1550. The Morgan fingerprint density at radius 2 is 1.65 bits per heavy atom. The van der Waals surface area contributed by atoms with E-state index in [1.165, 1.54) is 25.0 Å². The number of hydrogen-bond acceptors (Lipinski definition) is 4. The zero-order chi connectivity index (χ0) is 27.5. The number of halogens is 1. The molecule has 0 saturated carbocycles. The van der Waals surface area contributed by atoms with Gasteiger partial charge in [-0.1, -0.05) is 30.3 Å². The number of amides is 1. The number of carbonyl (C=O) groups is 1. The van der Waals surface area contributed by atoms with Crippen LogP contribution in [0.1, 0.15) is 52.9 Å². The third kappa shape index (κ3) is 5.61. The van der Waals surface area contributed by atoms with Crippen molar-refractivity contribution in [2.24, 2.45) is 0 Å². The molecule has 2 saturated heterocycles. The van der Waals surface area contributed by atoms with Crippen LogP contribution >= 0.6 is 0 Å². The smallest absolute Gasteiger partial charge is 0.254 e. The molecule has 2 aliphatic rings. The normalized spacial score (nSPS) is 17.4. The molecular formula is C34H33FN4O. The number of carbonyl (C=O) groups excluding carboxylic acids is 1. The maximum absolute atomic E-state index is 14.2. The van der Waals surface area contributed by atoms with E-state index in [0.717, 1.165) is 78.7 Å². The summed E-state index contributed by atoms with van der Waals surface area (Å²) in [6.07, 6.45) is 5.93. The summed E-state index contributed by atoms with van der Waals surface area (Å²) in [5.41, 5.74) is 6.00. The highest BCUT2D eigenvalue weighted by atomic mass is 19.1. The van der Waals surface area contributed by atoms with Crippen molar-refractivity contribution < 1.29 is 9.18 Å². The molecule has 0 radical (unpaired) electrons. The number of likely N-dealkylation sites (tertiary alicyclic amines) is 2. The van der Waals surface area contributed by atoms with Gasteiger partial charge in [0, 0.05) is 30.2 Å². The summed E-state index contributed by atoms with van der Waals surface area (Å²) in [6.45, 7) is 3.97. The van der Waals surface area contributed by atoms with Gasteiger partial charge < -0.3 is 9.80 Å². The molecule has 40 heavy (non-hydrogen) atoms. The lowest BCUT2D eigenvalue weighted by Gasteiger charge is -2.29. The Kier molecular flexibility index (Phi) is 7.57. The minimum Gasteiger partial charge on any atom is -0.334 e. The van der Waals surface area contributed by atoms with Crippen LogP contribution in [0.15, 0.2) is 72.8 Å². The molecule has 2 aliphatic heterocycles. The number of rotatable bonds is 7. The van der Waals surface area contributed by atoms with E-state index < -0.39 is 0 Å². The average Bonchev–Trinajstić information content (AvgIpc) is 3.68. The highest BCUT2D eigenvalue weighted by Gasteiger charge is 2.32. The second-order valence-corrected chi connectivity index (χ2v) is 11.0. The molecule has 0 unspecified atom stereocenters. The molecule has 1 aromatic heterocycles. The van der Waals surface area contributed by atoms with Gasteiger partial charge in [-0.3, -0.25) is 9.78 Å². The first-order valence-electron chi connectivity index (χ1n) is 14.3. The van der Waals surface area contributed by atoms with Gasteiger partial charge in [0.2, 0.25) is 0 Å². The maximum Gasteiger partial charge on any atom is 0.254 e. The summed E-state index contributed by atoms with van der Waals surface area (Å²) in [4.78, 5) is 23.8. The van der Waals surface area contributed by atoms with Gasteiger partial charge in [-0.25, -0.2) is 4.39 Å². The number of aromatic nitrogens is 1. The molecular weight excluding hydrogens is 499 g/mol. The number of nitriles is 1. The standard InChI is InChI=1S/C34H33FN4O/c35-28-13-7-24(8-14-28)9-15-29-21-32(34(40)39-19-3-4-30(39)23-38-17-1-2-18-38)31-20-27(12-16-33(31)37-29)26-10-5-25(22-36)6-11-26/h5-8,10-14,16,20-21,30H,1-4,9,15,17-19,23H2/t30-/m0/s1. The molecule has 0 N–H and O–H groups in total. The van der Waals surface area contributed by atoms with E-state index >= 15 is 0 Å². The van der Waals surface area contributed by atoms with Crippen LogP contribution in [0.5, 0.6) is 0 Å². The molecule has 3 aromatic carbocycles. The van der Waals surface area contributed by atoms with Gasteiger partial charge in [0.1, 0.15) is 5.82 Å². The first kappa shape index (κ1) is 26.2. The molecule has 1 atom stereocenters. The molecule has 202 valence electrons. The number of pyridine rings is 1. The minimum absolute atomic E-state index is 0.0779. The van der Waals surface area contributed by atoms with E-state index in [1.54, 1.807) is 12.1 Å². The van der Waals surface area contributed by atoms with Crippen molar-refractivity contribution in [1.29, 1.82) is 5.26 Å². The fraction of sp³-hybridized carbons (Fsp3) is 0.324. The summed E-state index contributed by atoms with van der Waals surface area (Å²) in [7, 11) is 0. The van der Waals surface area contributed by atoms with Crippen LogP contribution in [-0.2, 0) is 12.8 Å². The number of benzene rings is 3. The zero-order valence-corrected chi connectivity index (χ0v) is 22.7. The second-order valence-electron chi connectivity index (χ2n) is 11.0. The number of nitrogens with zero attached hydrogens (tertiary/aromatic N) is 4. The molecule has 4 aromatic rings. The van der Waals surface area contributed by atoms with Crippen LogP contribution in [0.4, 0.5) is 4.39 Å². The highest BCUT2D eigenvalue weighted by molar-refractivity contribution is 6.07. The molecule has 0 bridgehead atoms. The van der Waals surface area contributed by atoms with Gasteiger partial charge in [0.05, 0.1) is 22.7 Å². The lowest BCUT2D eigenvalue weighted by molar-refractivity contribution is 0.0710. The van der Waals surface area contributed by atoms with Crippen LogP contribution in [-0.4, -0.2) is 52.9 Å². The Hall–Kier alpha value is -4.08. The third-order valence-electron chi connectivity index (χ3n) is 8.33. The van der Waals surface area contributed by atoms with E-state index in [1.807, 2.05) is 42.5 Å². The van der Waals surface area contributed by atoms with E-state index in [-0.39, 0.29) is 17.8 Å². The fourth-order valence-electron chi connectivity index (χ4n) is 6.14. The van der Waals surface area contributed by atoms with Crippen LogP contribution in [0.3, 0.4) is 0 Å². The van der Waals surface area contributed by atoms with Crippen LogP contribution in [0.2, 0.25) is 0 Å². The van der Waals surface area contributed by atoms with Crippen molar-refractivity contribution in [3.8, 4) is 17.2 Å². The highest BCUT2D eigenvalue weighted by Crippen LogP contribution is 2.30. The SMILES string of the molecule is N#Cc1ccc(-c2ccc3nc(CCc4ccc(F)cc4)cc(C(=O)N4CCC[C@H]4CN4CCCC4)c3c2)cc1. The summed E-state index contributed by atoms with van der Waals surface area (Å²) in [5.74, 6) is -0.165. The third-order valence-corrected chi connectivity index (χ3v) is 8.33. The Morgan fingerprint density at radius 3 is 2.40 bits per heavy atom. The summed E-state index contributed by atoms with van der Waals surface area (Å²) >= 11 is 0. The fourth-order valence-corrected chi connectivity index (χ4v) is 6.14. The molecule has 0 spiro atoms. The van der Waals surface area contributed by atoms with Gasteiger partial charge in [-0.05, 0) is 111 Å². The monoisotopic (exact) mass is 532 g/mol. The maximum atomic E-state index is 14.2. The van der Waals surface area contributed by atoms with E-state index in [0.29, 0.717) is 17.5 Å². The largest absolute Gasteiger partial charge is 0.334 e. The van der Waals surface area contributed by atoms with Gasteiger partial charge in [-0.2, -0.15) is 5.26 Å². The first-order chi connectivity index (χ1) is 19.6. The van der Waals surface area contributed by atoms with Crippen LogP contribution in [0.25, 0.3) is 22.0 Å². The number of fused-ring (bicyclic) bond motifs is 1. The summed E-state index contributed by atoms with van der Waals surface area (Å²) < 4.78 is 13.4. The van der Waals surface area contributed by atoms with E-state index in [4.69, 9.17) is 4.98 Å². The molecule has 5 nitrogen and oxygen atoms in total. The molecule has 6 rings (SSSR count). The van der Waals surface area contributed by atoms with Crippen LogP contribution < -0.4 is 0 Å². The average molecular weight is 533 g/mol. The Morgan fingerprint density at radius 1 is 0.900 bits per heavy atom. The van der Waals surface area contributed by atoms with Gasteiger partial charge in [0.25, 0.3) is 5.91 Å². The Labute approximate surface area is 234 Å². The Balaban J connectivity index is 1.36. The van der Waals surface area contributed by atoms with Crippen molar-refractivity contribution in [1.82, 2.24) is 14.8 Å². The second kappa shape index (κ2) is 11.6. The lowest BCUT2D eigenvalue weighted by atomic mass is 9.98. The quantitative estimate of drug-likeness (QED) is 0.276. The van der Waals surface area contributed by atoms with E-state index in [2.05, 4.69) is 21.9 Å². The van der Waals surface area contributed by atoms with E-state index in [9.17, 15) is 14.4 Å². The van der Waals surface area contributed by atoms with Crippen molar-refractivity contribution in [2.75, 3.05) is 26.2 Å². The molecule has 1 amide bonds. The topological polar surface area (TPSA) is 60.2 Å². The number of hydrogen-bond donors (Lipinski definition) is 0. The predicted molar refractivity (Wildman–Crippen MR) is 155 cm³/mol.